The van der Waals surface area contributed by atoms with Crippen molar-refractivity contribution in [1.29, 1.82) is 0 Å². The fourth-order valence-electron chi connectivity index (χ4n) is 3.03. The van der Waals surface area contributed by atoms with Crippen molar-refractivity contribution in [3.8, 4) is 0 Å². The number of piperidine rings is 1. The Morgan fingerprint density at radius 1 is 1.29 bits per heavy atom. The number of benzene rings is 1. The van der Waals surface area contributed by atoms with Gasteiger partial charge < -0.3 is 5.32 Å². The van der Waals surface area contributed by atoms with Crippen molar-refractivity contribution < 1.29 is 13.2 Å². The number of aryl methyl sites for hydroxylation is 1. The molecule has 24 heavy (non-hydrogen) atoms. The SMILES string of the molecule is CCCNC(=O)[C@@H]1CCCN(S(=O)(=O)CCCc2ccccc2)C1. The lowest BCUT2D eigenvalue weighted by Crippen LogP contribution is -2.46. The number of carbonyl (C=O) groups excluding carboxylic acids is 1. The molecule has 0 radical (unpaired) electrons. The maximum Gasteiger partial charge on any atom is 0.224 e. The molecular formula is C18H28N2O3S. The Balaban J connectivity index is 1.85. The summed E-state index contributed by atoms with van der Waals surface area (Å²) < 4.78 is 26.6. The monoisotopic (exact) mass is 352 g/mol. The lowest BCUT2D eigenvalue weighted by Gasteiger charge is -2.31. The van der Waals surface area contributed by atoms with Crippen molar-refractivity contribution in [1.82, 2.24) is 9.62 Å². The Kier molecular flexibility index (Phi) is 7.24. The lowest BCUT2D eigenvalue weighted by molar-refractivity contribution is -0.126. The molecule has 6 heteroatoms. The average molecular weight is 353 g/mol. The van der Waals surface area contributed by atoms with Crippen molar-refractivity contribution in [2.24, 2.45) is 5.92 Å². The van der Waals surface area contributed by atoms with Crippen LogP contribution in [0.5, 0.6) is 0 Å². The van der Waals surface area contributed by atoms with Gasteiger partial charge in [0.15, 0.2) is 0 Å². The average Bonchev–Trinajstić information content (AvgIpc) is 2.60. The molecule has 2 rings (SSSR count). The van der Waals surface area contributed by atoms with Gasteiger partial charge in [-0.15, -0.1) is 0 Å². The van der Waals surface area contributed by atoms with Crippen LogP contribution >= 0.6 is 0 Å². The number of carbonyl (C=O) groups is 1. The van der Waals surface area contributed by atoms with Crippen LogP contribution in [0.4, 0.5) is 0 Å². The highest BCUT2D eigenvalue weighted by Gasteiger charge is 2.31. The first-order chi connectivity index (χ1) is 11.5. The Morgan fingerprint density at radius 3 is 2.75 bits per heavy atom. The van der Waals surface area contributed by atoms with Gasteiger partial charge in [-0.25, -0.2) is 12.7 Å². The van der Waals surface area contributed by atoms with Gasteiger partial charge in [-0.2, -0.15) is 0 Å². The van der Waals surface area contributed by atoms with Crippen molar-refractivity contribution in [2.75, 3.05) is 25.4 Å². The molecular weight excluding hydrogens is 324 g/mol. The Hall–Kier alpha value is -1.40. The van der Waals surface area contributed by atoms with Gasteiger partial charge in [0.25, 0.3) is 0 Å². The topological polar surface area (TPSA) is 66.5 Å². The van der Waals surface area contributed by atoms with E-state index in [0.29, 0.717) is 26.1 Å². The molecule has 0 aromatic heterocycles. The molecule has 1 aliphatic rings. The van der Waals surface area contributed by atoms with Crippen LogP contribution in [0.25, 0.3) is 0 Å². The molecule has 0 bridgehead atoms. The lowest BCUT2D eigenvalue weighted by atomic mass is 9.99. The highest BCUT2D eigenvalue weighted by Crippen LogP contribution is 2.20. The largest absolute Gasteiger partial charge is 0.356 e. The number of hydrogen-bond acceptors (Lipinski definition) is 3. The van der Waals surface area contributed by atoms with Gasteiger partial charge in [-0.1, -0.05) is 37.3 Å². The third-order valence-corrected chi connectivity index (χ3v) is 6.33. The van der Waals surface area contributed by atoms with Crippen molar-refractivity contribution >= 4 is 15.9 Å². The number of nitrogens with one attached hydrogen (secondary N) is 1. The quantitative estimate of drug-likeness (QED) is 0.780. The molecule has 5 nitrogen and oxygen atoms in total. The molecule has 1 amide bonds. The molecule has 0 aliphatic carbocycles. The van der Waals surface area contributed by atoms with Gasteiger partial charge in [0.1, 0.15) is 0 Å². The van der Waals surface area contributed by atoms with Gasteiger partial charge in [-0.3, -0.25) is 4.79 Å². The van der Waals surface area contributed by atoms with E-state index in [-0.39, 0.29) is 17.6 Å². The third-order valence-electron chi connectivity index (χ3n) is 4.41. The molecule has 134 valence electrons. The van der Waals surface area contributed by atoms with E-state index in [9.17, 15) is 13.2 Å². The van der Waals surface area contributed by atoms with Gasteiger partial charge in [-0.05, 0) is 37.7 Å². The van der Waals surface area contributed by atoms with Crippen molar-refractivity contribution in [3.63, 3.8) is 0 Å². The Morgan fingerprint density at radius 2 is 2.04 bits per heavy atom. The maximum absolute atomic E-state index is 12.6. The minimum atomic E-state index is -3.29. The van der Waals surface area contributed by atoms with Crippen LogP contribution in [0, 0.1) is 5.92 Å². The Bertz CT molecular complexity index is 616. The van der Waals surface area contributed by atoms with E-state index >= 15 is 0 Å². The van der Waals surface area contributed by atoms with E-state index < -0.39 is 10.0 Å². The van der Waals surface area contributed by atoms with Crippen LogP contribution in [0.2, 0.25) is 0 Å². The minimum absolute atomic E-state index is 0.0129. The van der Waals surface area contributed by atoms with Gasteiger partial charge in [0.05, 0.1) is 11.7 Å². The van der Waals surface area contributed by atoms with Crippen LogP contribution in [-0.4, -0.2) is 44.0 Å². The number of nitrogens with zero attached hydrogens (tertiary/aromatic N) is 1. The van der Waals surface area contributed by atoms with Crippen LogP contribution in [0.1, 0.15) is 38.2 Å². The van der Waals surface area contributed by atoms with Crippen LogP contribution in [0.3, 0.4) is 0 Å². The molecule has 0 unspecified atom stereocenters. The molecule has 1 aromatic carbocycles. The molecule has 0 saturated carbocycles. The molecule has 1 aliphatic heterocycles. The summed E-state index contributed by atoms with van der Waals surface area (Å²) in [5.41, 5.74) is 1.16. The number of hydrogen-bond donors (Lipinski definition) is 1. The second-order valence-electron chi connectivity index (χ2n) is 6.39. The van der Waals surface area contributed by atoms with E-state index in [0.717, 1.165) is 31.2 Å². The summed E-state index contributed by atoms with van der Waals surface area (Å²) in [6, 6.07) is 9.92. The predicted octanol–water partition coefficient (Wildman–Crippen LogP) is 2.19. The fraction of sp³-hybridized carbons (Fsp3) is 0.611. The summed E-state index contributed by atoms with van der Waals surface area (Å²) in [7, 11) is -3.29. The highest BCUT2D eigenvalue weighted by molar-refractivity contribution is 7.89. The standard InChI is InChI=1S/C18H28N2O3S/c1-2-12-19-18(21)17-11-6-13-20(15-17)24(22,23)14-7-10-16-8-4-3-5-9-16/h3-5,8-9,17H,2,6-7,10-15H2,1H3,(H,19,21)/t17-/m1/s1. The summed E-state index contributed by atoms with van der Waals surface area (Å²) in [4.78, 5) is 12.1. The van der Waals surface area contributed by atoms with Crippen molar-refractivity contribution in [2.45, 2.75) is 39.0 Å². The van der Waals surface area contributed by atoms with Gasteiger partial charge in [0, 0.05) is 19.6 Å². The molecule has 1 N–H and O–H groups in total. The van der Waals surface area contributed by atoms with Crippen LogP contribution in [0.15, 0.2) is 30.3 Å². The highest BCUT2D eigenvalue weighted by atomic mass is 32.2. The second kappa shape index (κ2) is 9.18. The summed E-state index contributed by atoms with van der Waals surface area (Å²) in [5, 5.41) is 2.88. The van der Waals surface area contributed by atoms with Crippen molar-refractivity contribution in [3.05, 3.63) is 35.9 Å². The number of rotatable bonds is 8. The van der Waals surface area contributed by atoms with E-state index in [2.05, 4.69) is 5.32 Å². The van der Waals surface area contributed by atoms with E-state index in [4.69, 9.17) is 0 Å². The smallest absolute Gasteiger partial charge is 0.224 e. The Labute approximate surface area is 145 Å². The third kappa shape index (κ3) is 5.60. The number of sulfonamides is 1. The van der Waals surface area contributed by atoms with E-state index in [1.165, 1.54) is 4.31 Å². The molecule has 1 fully saturated rings. The summed E-state index contributed by atoms with van der Waals surface area (Å²) >= 11 is 0. The van der Waals surface area contributed by atoms with E-state index in [1.807, 2.05) is 37.3 Å². The first kappa shape index (κ1) is 18.9. The number of amides is 1. The van der Waals surface area contributed by atoms with E-state index in [1.54, 1.807) is 0 Å². The molecule has 1 heterocycles. The summed E-state index contributed by atoms with van der Waals surface area (Å²) in [5.74, 6) is -0.0826. The molecule has 0 spiro atoms. The molecule has 1 atom stereocenters. The normalized spacial score (nSPS) is 19.1. The molecule has 1 saturated heterocycles. The first-order valence-electron chi connectivity index (χ1n) is 8.82. The van der Waals surface area contributed by atoms with Crippen LogP contribution in [-0.2, 0) is 21.2 Å². The molecule has 1 aromatic rings. The predicted molar refractivity (Wildman–Crippen MR) is 96.1 cm³/mol. The summed E-state index contributed by atoms with van der Waals surface area (Å²) in [6.07, 6.45) is 3.78. The minimum Gasteiger partial charge on any atom is -0.356 e. The van der Waals surface area contributed by atoms with Gasteiger partial charge >= 0.3 is 0 Å². The van der Waals surface area contributed by atoms with Crippen LogP contribution < -0.4 is 5.32 Å². The van der Waals surface area contributed by atoms with Gasteiger partial charge in [0.2, 0.25) is 15.9 Å². The zero-order valence-corrected chi connectivity index (χ0v) is 15.2. The fourth-order valence-corrected chi connectivity index (χ4v) is 4.62. The zero-order valence-electron chi connectivity index (χ0n) is 14.4. The first-order valence-corrected chi connectivity index (χ1v) is 10.4. The second-order valence-corrected chi connectivity index (χ2v) is 8.48. The zero-order chi connectivity index (χ0) is 17.4. The summed E-state index contributed by atoms with van der Waals surface area (Å²) in [6.45, 7) is 3.51. The maximum atomic E-state index is 12.6.